The quantitative estimate of drug-likeness (QED) is 0.440. The summed E-state index contributed by atoms with van der Waals surface area (Å²) in [7, 11) is -2.68. The van der Waals surface area contributed by atoms with E-state index in [9.17, 15) is 4.57 Å². The fraction of sp³-hybridized carbons (Fsp3) is 0.389. The van der Waals surface area contributed by atoms with E-state index in [0.29, 0.717) is 12.4 Å². The Bertz CT molecular complexity index is 725. The summed E-state index contributed by atoms with van der Waals surface area (Å²) in [4.78, 5) is 4.22. The zero-order valence-corrected chi connectivity index (χ0v) is 17.7. The van der Waals surface area contributed by atoms with Crippen molar-refractivity contribution in [1.29, 1.82) is 0 Å². The van der Waals surface area contributed by atoms with Gasteiger partial charge in [0.05, 0.1) is 5.69 Å². The van der Waals surface area contributed by atoms with Crippen LogP contribution in [0.5, 0.6) is 5.75 Å². The third kappa shape index (κ3) is 5.76. The normalized spacial score (nSPS) is 13.4. The largest absolute Gasteiger partial charge is 0.487 e. The van der Waals surface area contributed by atoms with Crippen LogP contribution in [0.25, 0.3) is 0 Å². The molecule has 6 nitrogen and oxygen atoms in total. The molecule has 26 heavy (non-hydrogen) atoms. The van der Waals surface area contributed by atoms with Gasteiger partial charge in [0, 0.05) is 20.4 Å². The maximum absolute atomic E-state index is 12.9. The third-order valence-corrected chi connectivity index (χ3v) is 6.68. The van der Waals surface area contributed by atoms with Gasteiger partial charge in [-0.1, -0.05) is 18.2 Å². The van der Waals surface area contributed by atoms with Gasteiger partial charge in [-0.2, -0.15) is 0 Å². The topological polar surface area (TPSA) is 66.9 Å². The smallest absolute Gasteiger partial charge is 0.362 e. The van der Waals surface area contributed by atoms with E-state index in [1.54, 1.807) is 6.20 Å². The van der Waals surface area contributed by atoms with E-state index in [1.807, 2.05) is 62.1 Å². The first-order valence-corrected chi connectivity index (χ1v) is 13.3. The summed E-state index contributed by atoms with van der Waals surface area (Å²) >= 11 is 0. The second-order valence-electron chi connectivity index (χ2n) is 6.67. The van der Waals surface area contributed by atoms with Crippen molar-refractivity contribution in [3.8, 4) is 5.75 Å². The van der Waals surface area contributed by atoms with Crippen LogP contribution in [0.4, 0.5) is 0 Å². The van der Waals surface area contributed by atoms with E-state index >= 15 is 0 Å². The second-order valence-corrected chi connectivity index (χ2v) is 13.4. The van der Waals surface area contributed by atoms with Crippen molar-refractivity contribution in [2.45, 2.75) is 32.1 Å². The molecule has 1 unspecified atom stereocenters. The van der Waals surface area contributed by atoms with Gasteiger partial charge in [-0.3, -0.25) is 9.55 Å². The van der Waals surface area contributed by atoms with Gasteiger partial charge in [0.25, 0.3) is 0 Å². The van der Waals surface area contributed by atoms with Crippen molar-refractivity contribution >= 4 is 15.9 Å². The number of ether oxygens (including phenoxy) is 1. The average Bonchev–Trinajstić information content (AvgIpc) is 2.64. The molecule has 1 atom stereocenters. The van der Waals surface area contributed by atoms with Crippen LogP contribution in [0.2, 0.25) is 19.6 Å². The first kappa shape index (κ1) is 20.8. The molecule has 2 aromatic rings. The Balaban J connectivity index is 2.17. The Labute approximate surface area is 156 Å². The fourth-order valence-electron chi connectivity index (χ4n) is 2.29. The van der Waals surface area contributed by atoms with E-state index in [-0.39, 0.29) is 0 Å². The van der Waals surface area contributed by atoms with Gasteiger partial charge >= 0.3 is 7.60 Å². The Kier molecular flexibility index (Phi) is 7.14. The van der Waals surface area contributed by atoms with Crippen LogP contribution in [-0.2, 0) is 24.6 Å². The zero-order valence-electron chi connectivity index (χ0n) is 15.8. The summed E-state index contributed by atoms with van der Waals surface area (Å²) in [6, 6.07) is 13.0. The molecule has 0 bridgehead atoms. The predicted molar refractivity (Wildman–Crippen MR) is 104 cm³/mol. The Morgan fingerprint density at radius 3 is 2.19 bits per heavy atom. The summed E-state index contributed by atoms with van der Waals surface area (Å²) < 4.78 is 35.1. The number of aromatic nitrogens is 1. The minimum Gasteiger partial charge on any atom is -0.487 e. The summed E-state index contributed by atoms with van der Waals surface area (Å²) in [6.45, 7) is 6.46. The summed E-state index contributed by atoms with van der Waals surface area (Å²) in [5, 5.41) is 0. The molecule has 1 aromatic heterocycles. The molecule has 2 rings (SSSR count). The van der Waals surface area contributed by atoms with E-state index in [0.717, 1.165) is 11.3 Å². The molecule has 0 fully saturated rings. The molecule has 0 saturated heterocycles. The van der Waals surface area contributed by atoms with Crippen molar-refractivity contribution in [1.82, 2.24) is 4.98 Å². The van der Waals surface area contributed by atoms with Crippen LogP contribution >= 0.6 is 7.60 Å². The number of pyridine rings is 1. The van der Waals surface area contributed by atoms with Gasteiger partial charge in [0.1, 0.15) is 12.4 Å². The molecule has 0 aliphatic rings. The highest BCUT2D eigenvalue weighted by Gasteiger charge is 2.39. The van der Waals surface area contributed by atoms with Crippen LogP contribution in [-0.4, -0.2) is 27.5 Å². The number of hydrogen-bond acceptors (Lipinski definition) is 6. The highest BCUT2D eigenvalue weighted by atomic mass is 31.2. The molecule has 8 heteroatoms. The Morgan fingerprint density at radius 1 is 1.04 bits per heavy atom. The molecule has 1 aromatic carbocycles. The lowest BCUT2D eigenvalue weighted by atomic mass is 10.2. The van der Waals surface area contributed by atoms with Crippen molar-refractivity contribution in [3.63, 3.8) is 0 Å². The predicted octanol–water partition coefficient (Wildman–Crippen LogP) is 5.00. The minimum atomic E-state index is -3.43. The Morgan fingerprint density at radius 2 is 1.69 bits per heavy atom. The highest BCUT2D eigenvalue weighted by Crippen LogP contribution is 2.61. The standard InChI is InChI=1S/C18H26NO5PSi/c1-21-25(20,22-2)18(24-26(3,4)5)15-9-11-17(12-10-15)23-14-16-8-6-7-13-19-16/h6-13,18H,14H2,1-5H3. The molecule has 1 heterocycles. The third-order valence-electron chi connectivity index (χ3n) is 3.54. The first-order valence-electron chi connectivity index (χ1n) is 8.29. The van der Waals surface area contributed by atoms with E-state index in [2.05, 4.69) is 4.98 Å². The van der Waals surface area contributed by atoms with Gasteiger partial charge in [0.15, 0.2) is 14.2 Å². The number of rotatable bonds is 9. The lowest BCUT2D eigenvalue weighted by Gasteiger charge is -2.30. The van der Waals surface area contributed by atoms with Crippen molar-refractivity contribution in [2.24, 2.45) is 0 Å². The van der Waals surface area contributed by atoms with E-state index in [4.69, 9.17) is 18.2 Å². The summed E-state index contributed by atoms with van der Waals surface area (Å²) in [6.07, 6.45) is 1.73. The monoisotopic (exact) mass is 395 g/mol. The van der Waals surface area contributed by atoms with Crippen LogP contribution < -0.4 is 4.74 Å². The summed E-state index contributed by atoms with van der Waals surface area (Å²) in [5.74, 6) is -0.0789. The van der Waals surface area contributed by atoms with Crippen molar-refractivity contribution in [2.75, 3.05) is 14.2 Å². The zero-order chi connectivity index (χ0) is 19.2. The number of benzene rings is 1. The van der Waals surface area contributed by atoms with Crippen LogP contribution in [0, 0.1) is 0 Å². The van der Waals surface area contributed by atoms with Gasteiger partial charge in [-0.25, -0.2) is 0 Å². The van der Waals surface area contributed by atoms with Crippen LogP contribution in [0.1, 0.15) is 17.1 Å². The average molecular weight is 395 g/mol. The van der Waals surface area contributed by atoms with Gasteiger partial charge in [0.2, 0.25) is 0 Å². The van der Waals surface area contributed by atoms with Gasteiger partial charge in [-0.05, 0) is 49.5 Å². The minimum absolute atomic E-state index is 0.379. The Hall–Kier alpha value is -1.50. The lowest BCUT2D eigenvalue weighted by molar-refractivity contribution is 0.187. The fourth-order valence-corrected chi connectivity index (χ4v) is 5.63. The maximum atomic E-state index is 12.9. The first-order chi connectivity index (χ1) is 12.3. The molecule has 0 amide bonds. The van der Waals surface area contributed by atoms with Gasteiger partial charge in [-0.15, -0.1) is 0 Å². The molecular weight excluding hydrogens is 369 g/mol. The summed E-state index contributed by atoms with van der Waals surface area (Å²) in [5.41, 5.74) is 1.57. The van der Waals surface area contributed by atoms with Crippen molar-refractivity contribution in [3.05, 3.63) is 59.9 Å². The second kappa shape index (κ2) is 8.93. The highest BCUT2D eigenvalue weighted by molar-refractivity contribution is 7.54. The SMILES string of the molecule is COP(=O)(OC)C(O[Si](C)(C)C)c1ccc(OCc2ccccn2)cc1. The molecule has 0 aliphatic carbocycles. The molecule has 0 spiro atoms. The van der Waals surface area contributed by atoms with E-state index < -0.39 is 21.8 Å². The van der Waals surface area contributed by atoms with Crippen LogP contribution in [0.3, 0.4) is 0 Å². The van der Waals surface area contributed by atoms with Gasteiger partial charge < -0.3 is 18.2 Å². The molecule has 0 N–H and O–H groups in total. The molecule has 0 radical (unpaired) electrons. The lowest BCUT2D eigenvalue weighted by Crippen LogP contribution is -2.28. The molecule has 142 valence electrons. The van der Waals surface area contributed by atoms with Crippen LogP contribution in [0.15, 0.2) is 48.7 Å². The molecular formula is C18H26NO5PSi. The van der Waals surface area contributed by atoms with Crippen molar-refractivity contribution < 1.29 is 22.8 Å². The number of nitrogens with zero attached hydrogens (tertiary/aromatic N) is 1. The number of hydrogen-bond donors (Lipinski definition) is 0. The maximum Gasteiger partial charge on any atom is 0.362 e. The molecule has 0 saturated carbocycles. The van der Waals surface area contributed by atoms with E-state index in [1.165, 1.54) is 14.2 Å². The molecule has 0 aliphatic heterocycles.